The minimum atomic E-state index is -1.83. The van der Waals surface area contributed by atoms with Crippen molar-refractivity contribution in [3.8, 4) is 0 Å². The molecule has 1 aromatic rings. The molecule has 1 unspecified atom stereocenters. The summed E-state index contributed by atoms with van der Waals surface area (Å²) in [6.45, 7) is 1.73. The molecule has 0 bridgehead atoms. The summed E-state index contributed by atoms with van der Waals surface area (Å²) in [5.74, 6) is -2.34. The van der Waals surface area contributed by atoms with E-state index in [-0.39, 0.29) is 13.0 Å². The van der Waals surface area contributed by atoms with E-state index in [9.17, 15) is 14.7 Å². The Labute approximate surface area is 108 Å². The monoisotopic (exact) mass is 299 g/mol. The summed E-state index contributed by atoms with van der Waals surface area (Å²) in [7, 11) is 0. The van der Waals surface area contributed by atoms with Crippen LogP contribution in [0, 0.1) is 0 Å². The number of aliphatic carboxylic acids is 1. The van der Waals surface area contributed by atoms with Gasteiger partial charge in [-0.25, -0.2) is 0 Å². The molecule has 0 fully saturated rings. The third kappa shape index (κ3) is 3.30. The Morgan fingerprint density at radius 2 is 1.94 bits per heavy atom. The average Bonchev–Trinajstić information content (AvgIpc) is 2.30. The summed E-state index contributed by atoms with van der Waals surface area (Å²) in [6, 6.07) is 8.81. The molecule has 17 heavy (non-hydrogen) atoms. The number of halogens is 1. The van der Waals surface area contributed by atoms with Crippen LogP contribution >= 0.6 is 15.9 Å². The van der Waals surface area contributed by atoms with Gasteiger partial charge in [-0.3, -0.25) is 4.79 Å². The molecule has 0 heterocycles. The fourth-order valence-electron chi connectivity index (χ4n) is 1.35. The SMILES string of the molecule is CCOC(=O)C(Br)(Cc1ccccc1)C(=O)[O-]. The summed E-state index contributed by atoms with van der Waals surface area (Å²) < 4.78 is 2.90. The molecule has 0 aliphatic carbocycles. The number of ether oxygens (including phenoxy) is 1. The van der Waals surface area contributed by atoms with Gasteiger partial charge in [-0.15, -0.1) is 0 Å². The second kappa shape index (κ2) is 5.82. The summed E-state index contributed by atoms with van der Waals surface area (Å²) in [6.07, 6.45) is -0.0188. The maximum absolute atomic E-state index is 11.6. The van der Waals surface area contributed by atoms with Crippen LogP contribution < -0.4 is 5.11 Å². The smallest absolute Gasteiger partial charge is 0.329 e. The number of hydrogen-bond donors (Lipinski definition) is 0. The Morgan fingerprint density at radius 1 is 1.35 bits per heavy atom. The van der Waals surface area contributed by atoms with Crippen LogP contribution in [0.5, 0.6) is 0 Å². The lowest BCUT2D eigenvalue weighted by molar-refractivity contribution is -0.308. The van der Waals surface area contributed by atoms with Crippen LogP contribution in [0.3, 0.4) is 0 Å². The van der Waals surface area contributed by atoms with Crippen LogP contribution in [0.1, 0.15) is 12.5 Å². The Balaban J connectivity index is 2.93. The van der Waals surface area contributed by atoms with Gasteiger partial charge in [-0.2, -0.15) is 0 Å². The number of carbonyl (C=O) groups excluding carboxylic acids is 2. The highest BCUT2D eigenvalue weighted by atomic mass is 79.9. The van der Waals surface area contributed by atoms with E-state index in [4.69, 9.17) is 4.74 Å². The second-order valence-electron chi connectivity index (χ2n) is 3.47. The molecule has 5 heteroatoms. The first-order valence-electron chi connectivity index (χ1n) is 5.12. The van der Waals surface area contributed by atoms with Gasteiger partial charge in [0.2, 0.25) is 0 Å². The molecule has 0 spiro atoms. The van der Waals surface area contributed by atoms with Crippen LogP contribution in [0.4, 0.5) is 0 Å². The van der Waals surface area contributed by atoms with Crippen LogP contribution in [0.25, 0.3) is 0 Å². The van der Waals surface area contributed by atoms with Crippen LogP contribution in [-0.4, -0.2) is 22.9 Å². The predicted octanol–water partition coefficient (Wildman–Crippen LogP) is 0.676. The Bertz CT molecular complexity index is 404. The highest BCUT2D eigenvalue weighted by molar-refractivity contribution is 9.10. The first-order valence-corrected chi connectivity index (χ1v) is 5.91. The number of alkyl halides is 1. The van der Waals surface area contributed by atoms with E-state index in [0.717, 1.165) is 0 Å². The molecule has 1 atom stereocenters. The molecule has 1 aromatic carbocycles. The zero-order valence-corrected chi connectivity index (χ0v) is 10.9. The third-order valence-corrected chi connectivity index (χ3v) is 3.14. The van der Waals surface area contributed by atoms with Crippen molar-refractivity contribution in [1.29, 1.82) is 0 Å². The van der Waals surface area contributed by atoms with Gasteiger partial charge in [0.1, 0.15) is 0 Å². The molecule has 92 valence electrons. The van der Waals surface area contributed by atoms with E-state index < -0.39 is 16.3 Å². The van der Waals surface area contributed by atoms with Crippen molar-refractivity contribution in [2.75, 3.05) is 6.61 Å². The number of carboxylic acid groups (broad SMARTS) is 1. The molecule has 1 rings (SSSR count). The number of hydrogen-bond acceptors (Lipinski definition) is 4. The van der Waals surface area contributed by atoms with Gasteiger partial charge in [0.05, 0.1) is 12.6 Å². The Morgan fingerprint density at radius 3 is 2.41 bits per heavy atom. The van der Waals surface area contributed by atoms with E-state index in [1.165, 1.54) is 0 Å². The van der Waals surface area contributed by atoms with Crippen molar-refractivity contribution in [1.82, 2.24) is 0 Å². The Hall–Kier alpha value is -1.36. The fourth-order valence-corrected chi connectivity index (χ4v) is 1.79. The summed E-state index contributed by atoms with van der Waals surface area (Å²) in [4.78, 5) is 22.7. The van der Waals surface area contributed by atoms with Crippen molar-refractivity contribution in [2.24, 2.45) is 0 Å². The molecule has 0 aliphatic rings. The summed E-state index contributed by atoms with van der Waals surface area (Å²) >= 11 is 2.92. The molecule has 0 aliphatic heterocycles. The van der Waals surface area contributed by atoms with E-state index in [0.29, 0.717) is 5.56 Å². The highest BCUT2D eigenvalue weighted by Crippen LogP contribution is 2.25. The van der Waals surface area contributed by atoms with Gasteiger partial charge in [0, 0.05) is 6.42 Å². The molecule has 0 aromatic heterocycles. The second-order valence-corrected chi connectivity index (χ2v) is 4.83. The van der Waals surface area contributed by atoms with Crippen molar-refractivity contribution in [2.45, 2.75) is 17.7 Å². The van der Waals surface area contributed by atoms with Crippen molar-refractivity contribution in [3.05, 3.63) is 35.9 Å². The zero-order chi connectivity index (χ0) is 12.9. The van der Waals surface area contributed by atoms with Gasteiger partial charge in [0.15, 0.2) is 4.32 Å². The first kappa shape index (κ1) is 13.7. The maximum atomic E-state index is 11.6. The fraction of sp³-hybridized carbons (Fsp3) is 0.333. The van der Waals surface area contributed by atoms with E-state index in [1.807, 2.05) is 6.07 Å². The van der Waals surface area contributed by atoms with E-state index in [1.54, 1.807) is 31.2 Å². The third-order valence-electron chi connectivity index (χ3n) is 2.21. The maximum Gasteiger partial charge on any atom is 0.329 e. The summed E-state index contributed by atoms with van der Waals surface area (Å²) in [5.41, 5.74) is 0.710. The molecule has 0 saturated carbocycles. The Kier molecular flexibility index (Phi) is 4.69. The first-order chi connectivity index (χ1) is 8.00. The highest BCUT2D eigenvalue weighted by Gasteiger charge is 2.39. The van der Waals surface area contributed by atoms with Gasteiger partial charge < -0.3 is 14.6 Å². The molecule has 0 saturated heterocycles. The van der Waals surface area contributed by atoms with Gasteiger partial charge in [0.25, 0.3) is 0 Å². The molecule has 0 N–H and O–H groups in total. The zero-order valence-electron chi connectivity index (χ0n) is 9.31. The van der Waals surface area contributed by atoms with E-state index >= 15 is 0 Å². The lowest BCUT2D eigenvalue weighted by Gasteiger charge is -2.26. The van der Waals surface area contributed by atoms with Gasteiger partial charge in [-0.1, -0.05) is 46.3 Å². The minimum Gasteiger partial charge on any atom is -0.548 e. The van der Waals surface area contributed by atoms with Crippen molar-refractivity contribution < 1.29 is 19.4 Å². The number of carboxylic acids is 1. The molecule has 0 amide bonds. The van der Waals surface area contributed by atoms with Crippen LogP contribution in [-0.2, 0) is 20.7 Å². The van der Waals surface area contributed by atoms with Gasteiger partial charge in [-0.05, 0) is 12.5 Å². The largest absolute Gasteiger partial charge is 0.548 e. The lowest BCUT2D eigenvalue weighted by atomic mass is 9.99. The quantitative estimate of drug-likeness (QED) is 0.455. The number of rotatable bonds is 5. The number of carbonyl (C=O) groups is 2. The lowest BCUT2D eigenvalue weighted by Crippen LogP contribution is -2.51. The predicted molar refractivity (Wildman–Crippen MR) is 63.4 cm³/mol. The molecular formula is C12H12BrO4-. The van der Waals surface area contributed by atoms with Crippen molar-refractivity contribution >= 4 is 27.9 Å². The standard InChI is InChI=1S/C12H13BrO4/c1-2-17-11(16)12(13,10(14)15)8-9-6-4-3-5-7-9/h3-7H,2,8H2,1H3,(H,14,15)/p-1. The van der Waals surface area contributed by atoms with Gasteiger partial charge >= 0.3 is 5.97 Å². The van der Waals surface area contributed by atoms with Crippen molar-refractivity contribution in [3.63, 3.8) is 0 Å². The van der Waals surface area contributed by atoms with Crippen LogP contribution in [0.2, 0.25) is 0 Å². The van der Waals surface area contributed by atoms with E-state index in [2.05, 4.69) is 15.9 Å². The normalized spacial score (nSPS) is 13.8. The minimum absolute atomic E-state index is 0.0188. The molecular weight excluding hydrogens is 288 g/mol. The number of esters is 1. The van der Waals surface area contributed by atoms with Crippen LogP contribution in [0.15, 0.2) is 30.3 Å². The number of benzene rings is 1. The molecule has 4 nitrogen and oxygen atoms in total. The summed E-state index contributed by atoms with van der Waals surface area (Å²) in [5, 5.41) is 11.1. The average molecular weight is 300 g/mol. The molecule has 0 radical (unpaired) electrons. The topological polar surface area (TPSA) is 66.4 Å².